The third-order valence-electron chi connectivity index (χ3n) is 2.18. The number of hydrogen-bond donors (Lipinski definition) is 2. The van der Waals surface area contributed by atoms with Crippen molar-refractivity contribution < 1.29 is 4.74 Å². The fourth-order valence-corrected chi connectivity index (χ4v) is 1.51. The van der Waals surface area contributed by atoms with E-state index in [0.29, 0.717) is 5.56 Å². The molecule has 0 spiro atoms. The number of rotatable bonds is 3. The molecule has 4 nitrogen and oxygen atoms in total. The van der Waals surface area contributed by atoms with Gasteiger partial charge >= 0.3 is 0 Å². The van der Waals surface area contributed by atoms with Gasteiger partial charge in [0.05, 0.1) is 11.7 Å². The zero-order chi connectivity index (χ0) is 11.5. The van der Waals surface area contributed by atoms with Crippen molar-refractivity contribution in [2.24, 2.45) is 0 Å². The van der Waals surface area contributed by atoms with E-state index >= 15 is 0 Å². The van der Waals surface area contributed by atoms with Crippen LogP contribution in [0, 0.1) is 0 Å². The van der Waals surface area contributed by atoms with Crippen LogP contribution in [0.3, 0.4) is 0 Å². The van der Waals surface area contributed by atoms with Gasteiger partial charge in [-0.2, -0.15) is 0 Å². The Morgan fingerprint density at radius 2 is 1.88 bits per heavy atom. The fraction of sp³-hybridized carbons (Fsp3) is 0.250. The molecular formula is C12H14N2O2. The highest BCUT2D eigenvalue weighted by atomic mass is 16.5. The minimum absolute atomic E-state index is 0.113. The molecule has 84 valence electrons. The third kappa shape index (κ3) is 2.16. The SMILES string of the molecule is CC(C)Oc1ccc(-c2c[nH][nH]c2=O)cc1. The van der Waals surface area contributed by atoms with Crippen LogP contribution < -0.4 is 10.3 Å². The number of aromatic nitrogens is 2. The molecule has 0 unspecified atom stereocenters. The highest BCUT2D eigenvalue weighted by Crippen LogP contribution is 2.19. The summed E-state index contributed by atoms with van der Waals surface area (Å²) in [6, 6.07) is 7.47. The van der Waals surface area contributed by atoms with E-state index in [2.05, 4.69) is 10.2 Å². The first-order chi connectivity index (χ1) is 7.66. The zero-order valence-electron chi connectivity index (χ0n) is 9.28. The van der Waals surface area contributed by atoms with Gasteiger partial charge in [0.2, 0.25) is 0 Å². The van der Waals surface area contributed by atoms with Crippen molar-refractivity contribution >= 4 is 0 Å². The summed E-state index contributed by atoms with van der Waals surface area (Å²) < 4.78 is 5.52. The zero-order valence-corrected chi connectivity index (χ0v) is 9.28. The largest absolute Gasteiger partial charge is 0.491 e. The molecule has 0 saturated carbocycles. The summed E-state index contributed by atoms with van der Waals surface area (Å²) in [5.74, 6) is 0.811. The van der Waals surface area contributed by atoms with E-state index < -0.39 is 0 Å². The lowest BCUT2D eigenvalue weighted by atomic mass is 10.1. The number of benzene rings is 1. The number of aromatic amines is 2. The maximum Gasteiger partial charge on any atom is 0.271 e. The van der Waals surface area contributed by atoms with E-state index in [9.17, 15) is 4.79 Å². The van der Waals surface area contributed by atoms with Gasteiger partial charge in [-0.05, 0) is 31.5 Å². The molecule has 16 heavy (non-hydrogen) atoms. The Kier molecular flexibility index (Phi) is 2.81. The Hall–Kier alpha value is -1.97. The molecule has 2 rings (SSSR count). The first-order valence-electron chi connectivity index (χ1n) is 5.20. The predicted octanol–water partition coefficient (Wildman–Crippen LogP) is 2.16. The van der Waals surface area contributed by atoms with Crippen molar-refractivity contribution in [2.75, 3.05) is 0 Å². The van der Waals surface area contributed by atoms with E-state index in [4.69, 9.17) is 4.74 Å². The lowest BCUT2D eigenvalue weighted by Gasteiger charge is -2.09. The van der Waals surface area contributed by atoms with Crippen LogP contribution >= 0.6 is 0 Å². The predicted molar refractivity (Wildman–Crippen MR) is 62.6 cm³/mol. The van der Waals surface area contributed by atoms with Crippen LogP contribution in [-0.4, -0.2) is 16.3 Å². The Labute approximate surface area is 93.3 Å². The van der Waals surface area contributed by atoms with Crippen molar-refractivity contribution in [3.63, 3.8) is 0 Å². The Bertz CT molecular complexity index is 508. The smallest absolute Gasteiger partial charge is 0.271 e. The molecule has 1 heterocycles. The van der Waals surface area contributed by atoms with Gasteiger partial charge in [0.15, 0.2) is 0 Å². The highest BCUT2D eigenvalue weighted by molar-refractivity contribution is 5.62. The van der Waals surface area contributed by atoms with Gasteiger partial charge in [-0.15, -0.1) is 0 Å². The normalized spacial score (nSPS) is 10.7. The van der Waals surface area contributed by atoms with Crippen LogP contribution in [0.25, 0.3) is 11.1 Å². The molecule has 0 aliphatic carbocycles. The molecule has 0 aliphatic rings. The van der Waals surface area contributed by atoms with Crippen molar-refractivity contribution in [3.05, 3.63) is 40.8 Å². The van der Waals surface area contributed by atoms with Gasteiger partial charge in [-0.25, -0.2) is 0 Å². The van der Waals surface area contributed by atoms with Crippen molar-refractivity contribution in [2.45, 2.75) is 20.0 Å². The van der Waals surface area contributed by atoms with E-state index in [1.165, 1.54) is 0 Å². The molecule has 1 aromatic carbocycles. The van der Waals surface area contributed by atoms with E-state index in [1.54, 1.807) is 6.20 Å². The molecule has 2 aromatic rings. The molecule has 0 atom stereocenters. The van der Waals surface area contributed by atoms with Crippen molar-refractivity contribution in [3.8, 4) is 16.9 Å². The third-order valence-corrected chi connectivity index (χ3v) is 2.18. The second-order valence-electron chi connectivity index (χ2n) is 3.85. The second kappa shape index (κ2) is 4.26. The van der Waals surface area contributed by atoms with Crippen LogP contribution in [0.15, 0.2) is 35.3 Å². The van der Waals surface area contributed by atoms with Crippen LogP contribution in [0.2, 0.25) is 0 Å². The van der Waals surface area contributed by atoms with Gasteiger partial charge in [-0.3, -0.25) is 9.89 Å². The van der Waals surface area contributed by atoms with Gasteiger partial charge in [0.25, 0.3) is 5.56 Å². The maximum atomic E-state index is 11.4. The summed E-state index contributed by atoms with van der Waals surface area (Å²) in [4.78, 5) is 11.4. The van der Waals surface area contributed by atoms with Gasteiger partial charge in [-0.1, -0.05) is 12.1 Å². The molecule has 0 fully saturated rings. The van der Waals surface area contributed by atoms with Crippen LogP contribution in [0.1, 0.15) is 13.8 Å². The highest BCUT2D eigenvalue weighted by Gasteiger charge is 2.04. The number of H-pyrrole nitrogens is 2. The number of nitrogens with one attached hydrogen (secondary N) is 2. The molecule has 0 radical (unpaired) electrons. The van der Waals surface area contributed by atoms with Gasteiger partial charge in [0.1, 0.15) is 5.75 Å². The second-order valence-corrected chi connectivity index (χ2v) is 3.85. The fourth-order valence-electron chi connectivity index (χ4n) is 1.51. The van der Waals surface area contributed by atoms with E-state index in [1.807, 2.05) is 38.1 Å². The van der Waals surface area contributed by atoms with Crippen molar-refractivity contribution in [1.82, 2.24) is 10.2 Å². The minimum atomic E-state index is -0.113. The summed E-state index contributed by atoms with van der Waals surface area (Å²) in [7, 11) is 0. The van der Waals surface area contributed by atoms with Crippen LogP contribution in [0.4, 0.5) is 0 Å². The molecule has 0 amide bonds. The Morgan fingerprint density at radius 1 is 1.19 bits per heavy atom. The summed E-state index contributed by atoms with van der Waals surface area (Å²) in [6.07, 6.45) is 1.81. The first kappa shape index (κ1) is 10.5. The average Bonchev–Trinajstić information content (AvgIpc) is 2.65. The van der Waals surface area contributed by atoms with E-state index in [-0.39, 0.29) is 11.7 Å². The first-order valence-corrected chi connectivity index (χ1v) is 5.20. The molecule has 2 N–H and O–H groups in total. The standard InChI is InChI=1S/C12H14N2O2/c1-8(2)16-10-5-3-9(4-6-10)11-7-13-14-12(11)15/h3-8H,1-2H3,(H2,13,14,15). The van der Waals surface area contributed by atoms with Crippen LogP contribution in [0.5, 0.6) is 5.75 Å². The Balaban J connectivity index is 2.26. The van der Waals surface area contributed by atoms with Gasteiger partial charge < -0.3 is 9.84 Å². The van der Waals surface area contributed by atoms with Crippen molar-refractivity contribution in [1.29, 1.82) is 0 Å². The molecular weight excluding hydrogens is 204 g/mol. The average molecular weight is 218 g/mol. The number of ether oxygens (including phenoxy) is 1. The minimum Gasteiger partial charge on any atom is -0.491 e. The monoisotopic (exact) mass is 218 g/mol. The molecule has 1 aromatic heterocycles. The summed E-state index contributed by atoms with van der Waals surface area (Å²) in [5.41, 5.74) is 1.40. The molecule has 0 aliphatic heterocycles. The van der Waals surface area contributed by atoms with Gasteiger partial charge in [0, 0.05) is 6.20 Å². The van der Waals surface area contributed by atoms with E-state index in [0.717, 1.165) is 11.3 Å². The lowest BCUT2D eigenvalue weighted by molar-refractivity contribution is 0.242. The molecule has 4 heteroatoms. The quantitative estimate of drug-likeness (QED) is 0.829. The maximum absolute atomic E-state index is 11.4. The lowest BCUT2D eigenvalue weighted by Crippen LogP contribution is -2.05. The molecule has 0 bridgehead atoms. The van der Waals surface area contributed by atoms with Crippen LogP contribution in [-0.2, 0) is 0 Å². The summed E-state index contributed by atoms with van der Waals surface area (Å²) >= 11 is 0. The Morgan fingerprint density at radius 3 is 2.38 bits per heavy atom. The number of hydrogen-bond acceptors (Lipinski definition) is 2. The summed E-state index contributed by atoms with van der Waals surface area (Å²) in [5, 5.41) is 5.18. The summed E-state index contributed by atoms with van der Waals surface area (Å²) in [6.45, 7) is 3.95. The topological polar surface area (TPSA) is 57.9 Å². The molecule has 0 saturated heterocycles.